The number of halogens is 3. The molecule has 4 N–H and O–H groups in total. The molecule has 13 heteroatoms. The number of aromatic nitrogens is 1. The van der Waals surface area contributed by atoms with Gasteiger partial charge in [0.2, 0.25) is 17.7 Å². The number of pyridine rings is 1. The van der Waals surface area contributed by atoms with Crippen LogP contribution in [0.2, 0.25) is 10.0 Å². The van der Waals surface area contributed by atoms with Crippen LogP contribution in [0.5, 0.6) is 5.88 Å². The van der Waals surface area contributed by atoms with E-state index in [1.807, 2.05) is 54.6 Å². The van der Waals surface area contributed by atoms with Crippen LogP contribution in [0, 0.1) is 5.82 Å². The lowest BCUT2D eigenvalue weighted by molar-refractivity contribution is -0.120. The summed E-state index contributed by atoms with van der Waals surface area (Å²) < 4.78 is 21.4. The van der Waals surface area contributed by atoms with E-state index in [0.717, 1.165) is 18.4 Å². The Bertz CT molecular complexity index is 2060. The number of carbonyl (C=O) groups is 3. The Hall–Kier alpha value is -4.55. The molecule has 0 bridgehead atoms. The smallest absolute Gasteiger partial charge is 0.257 e. The van der Waals surface area contributed by atoms with Gasteiger partial charge in [0.25, 0.3) is 5.91 Å². The SMILES string of the molecule is COc1nc(-c2cccc(-c3cccc(-c4cc(F)c5c(c4)CCN(CCNC[C@H]4CCC(=O)N4)C5=O)c3Cl)c2Cl)ccc1CNC[C@H]1CCC(=O)N1. The molecule has 2 atom stereocenters. The van der Waals surface area contributed by atoms with Gasteiger partial charge in [0, 0.05) is 92.0 Å². The van der Waals surface area contributed by atoms with Crippen molar-refractivity contribution < 1.29 is 23.5 Å². The van der Waals surface area contributed by atoms with Gasteiger partial charge in [0.15, 0.2) is 0 Å². The first-order chi connectivity index (χ1) is 25.7. The van der Waals surface area contributed by atoms with Gasteiger partial charge in [0.1, 0.15) is 5.82 Å². The molecule has 0 spiro atoms. The van der Waals surface area contributed by atoms with Crippen LogP contribution in [0.15, 0.2) is 60.7 Å². The molecule has 2 saturated heterocycles. The van der Waals surface area contributed by atoms with Gasteiger partial charge in [-0.1, -0.05) is 71.7 Å². The molecular formula is C40H41Cl2FN6O4. The van der Waals surface area contributed by atoms with E-state index < -0.39 is 5.82 Å². The van der Waals surface area contributed by atoms with E-state index in [2.05, 4.69) is 21.3 Å². The summed E-state index contributed by atoms with van der Waals surface area (Å²) >= 11 is 14.2. The largest absolute Gasteiger partial charge is 0.481 e. The van der Waals surface area contributed by atoms with Crippen molar-refractivity contribution in [3.8, 4) is 39.4 Å². The van der Waals surface area contributed by atoms with E-state index in [-0.39, 0.29) is 35.4 Å². The Kier molecular flexibility index (Phi) is 11.3. The number of nitrogens with one attached hydrogen (secondary N) is 4. The molecule has 276 valence electrons. The van der Waals surface area contributed by atoms with Gasteiger partial charge in [0.05, 0.1) is 28.4 Å². The minimum Gasteiger partial charge on any atom is -0.481 e. The molecule has 3 aliphatic rings. The number of ether oxygens (including phenoxy) is 1. The number of methoxy groups -OCH3 is 1. The zero-order valence-electron chi connectivity index (χ0n) is 29.4. The van der Waals surface area contributed by atoms with Crippen LogP contribution in [0.1, 0.15) is 47.2 Å². The van der Waals surface area contributed by atoms with Crippen LogP contribution in [0.3, 0.4) is 0 Å². The third-order valence-electron chi connectivity index (χ3n) is 10.2. The second-order valence-corrected chi connectivity index (χ2v) is 14.4. The van der Waals surface area contributed by atoms with Crippen LogP contribution in [-0.4, -0.2) is 79.5 Å². The summed E-state index contributed by atoms with van der Waals surface area (Å²) in [6.45, 7) is 3.29. The van der Waals surface area contributed by atoms with E-state index in [1.165, 1.54) is 6.07 Å². The van der Waals surface area contributed by atoms with Crippen LogP contribution in [0.4, 0.5) is 4.39 Å². The van der Waals surface area contributed by atoms with Gasteiger partial charge in [-0.15, -0.1) is 0 Å². The number of carbonyl (C=O) groups excluding carboxylic acids is 3. The first-order valence-electron chi connectivity index (χ1n) is 17.9. The van der Waals surface area contributed by atoms with E-state index >= 15 is 4.39 Å². The highest BCUT2D eigenvalue weighted by Gasteiger charge is 2.29. The van der Waals surface area contributed by atoms with Crippen molar-refractivity contribution in [2.24, 2.45) is 0 Å². The van der Waals surface area contributed by atoms with Crippen LogP contribution in [-0.2, 0) is 22.6 Å². The van der Waals surface area contributed by atoms with Crippen molar-refractivity contribution in [1.82, 2.24) is 31.2 Å². The molecule has 3 amide bonds. The third kappa shape index (κ3) is 8.03. The second kappa shape index (κ2) is 16.2. The maximum atomic E-state index is 15.8. The predicted octanol–water partition coefficient (Wildman–Crippen LogP) is 5.77. The van der Waals surface area contributed by atoms with E-state index in [0.29, 0.717) is 114 Å². The summed E-state index contributed by atoms with van der Waals surface area (Å²) in [6.07, 6.45) is 3.22. The van der Waals surface area contributed by atoms with E-state index in [4.69, 9.17) is 32.9 Å². The zero-order valence-corrected chi connectivity index (χ0v) is 30.9. The normalized spacial score (nSPS) is 18.3. The van der Waals surface area contributed by atoms with Crippen molar-refractivity contribution in [3.63, 3.8) is 0 Å². The molecule has 1 aromatic heterocycles. The molecule has 2 fully saturated rings. The highest BCUT2D eigenvalue weighted by Crippen LogP contribution is 2.43. The number of fused-ring (bicyclic) bond motifs is 1. The summed E-state index contributed by atoms with van der Waals surface area (Å²) in [6, 6.07) is 18.5. The minimum atomic E-state index is -0.584. The first kappa shape index (κ1) is 36.8. The summed E-state index contributed by atoms with van der Waals surface area (Å²) in [5, 5.41) is 13.4. The number of hydrogen-bond donors (Lipinski definition) is 4. The summed E-state index contributed by atoms with van der Waals surface area (Å²) in [7, 11) is 1.57. The molecular weight excluding hydrogens is 718 g/mol. The molecule has 53 heavy (non-hydrogen) atoms. The number of hydrogen-bond acceptors (Lipinski definition) is 7. The first-order valence-corrected chi connectivity index (χ1v) is 18.7. The number of amides is 3. The van der Waals surface area contributed by atoms with E-state index in [9.17, 15) is 14.4 Å². The lowest BCUT2D eigenvalue weighted by Crippen LogP contribution is -2.44. The Labute approximate surface area is 317 Å². The van der Waals surface area contributed by atoms with Crippen molar-refractivity contribution in [2.75, 3.05) is 39.8 Å². The maximum absolute atomic E-state index is 15.8. The molecule has 4 aromatic rings. The van der Waals surface area contributed by atoms with Crippen LogP contribution in [0.25, 0.3) is 33.5 Å². The maximum Gasteiger partial charge on any atom is 0.257 e. The predicted molar refractivity (Wildman–Crippen MR) is 204 cm³/mol. The molecule has 3 aliphatic heterocycles. The molecule has 0 aliphatic carbocycles. The minimum absolute atomic E-state index is 0.0654. The number of benzene rings is 3. The molecule has 0 unspecified atom stereocenters. The lowest BCUT2D eigenvalue weighted by Gasteiger charge is -2.29. The average molecular weight is 760 g/mol. The Morgan fingerprint density at radius 1 is 0.849 bits per heavy atom. The molecule has 3 aromatic carbocycles. The Balaban J connectivity index is 1.07. The summed E-state index contributed by atoms with van der Waals surface area (Å²) in [4.78, 5) is 42.8. The van der Waals surface area contributed by atoms with Crippen molar-refractivity contribution in [2.45, 2.75) is 50.7 Å². The quantitative estimate of drug-likeness (QED) is 0.128. The standard InChI is InChI=1S/C40H41Cl2FN6O4/c1-53-39-24(20-45-22-27-10-13-35(51)47-27)8-11-33(48-39)31-7-3-6-30(38(31)42)29-5-2-4-28(37(29)41)25-18-23-14-16-49(40(52)36(23)32(43)19-25)17-15-44-21-26-9-12-34(50)46-26/h2-8,11,18-19,26-27,44-45H,9-10,12-17,20-22H2,1H3,(H,46,50)(H,47,51)/t26-,27-/m1/s1. The van der Waals surface area contributed by atoms with Gasteiger partial charge in [-0.05, 0) is 42.5 Å². The molecule has 10 nitrogen and oxygen atoms in total. The lowest BCUT2D eigenvalue weighted by atomic mass is 9.92. The fraction of sp³-hybridized carbons (Fsp3) is 0.350. The fourth-order valence-corrected chi connectivity index (χ4v) is 8.01. The van der Waals surface area contributed by atoms with E-state index in [1.54, 1.807) is 12.0 Å². The number of nitrogens with zero attached hydrogens (tertiary/aromatic N) is 2. The Morgan fingerprint density at radius 2 is 1.49 bits per heavy atom. The van der Waals surface area contributed by atoms with Crippen molar-refractivity contribution >= 4 is 40.9 Å². The molecule has 7 rings (SSSR count). The van der Waals surface area contributed by atoms with Crippen LogP contribution < -0.4 is 26.0 Å². The second-order valence-electron chi connectivity index (χ2n) is 13.7. The molecule has 4 heterocycles. The summed E-state index contributed by atoms with van der Waals surface area (Å²) in [5.41, 5.74) is 5.50. The third-order valence-corrected chi connectivity index (χ3v) is 11.0. The topological polar surface area (TPSA) is 125 Å². The van der Waals surface area contributed by atoms with Crippen molar-refractivity contribution in [3.05, 3.63) is 93.2 Å². The highest BCUT2D eigenvalue weighted by molar-refractivity contribution is 6.39. The molecule has 0 saturated carbocycles. The van der Waals surface area contributed by atoms with Gasteiger partial charge in [-0.25, -0.2) is 9.37 Å². The molecule has 0 radical (unpaired) electrons. The van der Waals surface area contributed by atoms with Gasteiger partial charge in [-0.2, -0.15) is 0 Å². The highest BCUT2D eigenvalue weighted by atomic mass is 35.5. The van der Waals surface area contributed by atoms with Crippen molar-refractivity contribution in [1.29, 1.82) is 0 Å². The van der Waals surface area contributed by atoms with Gasteiger partial charge < -0.3 is 30.9 Å². The summed E-state index contributed by atoms with van der Waals surface area (Å²) in [5.74, 6) is -0.298. The zero-order chi connectivity index (χ0) is 37.1. The fourth-order valence-electron chi connectivity index (χ4n) is 7.35. The average Bonchev–Trinajstić information content (AvgIpc) is 3.77. The Morgan fingerprint density at radius 3 is 2.15 bits per heavy atom. The van der Waals surface area contributed by atoms with Crippen LogP contribution >= 0.6 is 23.2 Å². The van der Waals surface area contributed by atoms with Gasteiger partial charge >= 0.3 is 0 Å². The van der Waals surface area contributed by atoms with Gasteiger partial charge in [-0.3, -0.25) is 14.4 Å². The monoisotopic (exact) mass is 758 g/mol. The number of rotatable bonds is 13.